The van der Waals surface area contributed by atoms with Gasteiger partial charge in [-0.1, -0.05) is 17.7 Å². The van der Waals surface area contributed by atoms with E-state index in [0.717, 1.165) is 5.56 Å². The predicted octanol–water partition coefficient (Wildman–Crippen LogP) is 4.35. The zero-order chi connectivity index (χ0) is 21.0. The first-order valence-electron chi connectivity index (χ1n) is 8.86. The molecule has 2 aromatic rings. The lowest BCUT2D eigenvalue weighted by molar-refractivity contribution is 0.0667. The summed E-state index contributed by atoms with van der Waals surface area (Å²) in [6, 6.07) is 8.01. The van der Waals surface area contributed by atoms with Gasteiger partial charge in [-0.2, -0.15) is 8.78 Å². The van der Waals surface area contributed by atoms with E-state index in [4.69, 9.17) is 11.6 Å². The summed E-state index contributed by atoms with van der Waals surface area (Å²) in [5, 5.41) is 3.35. The Labute approximate surface area is 176 Å². The monoisotopic (exact) mass is 440 g/mol. The third-order valence-corrected chi connectivity index (χ3v) is 5.61. The van der Waals surface area contributed by atoms with Crippen LogP contribution in [0.5, 0.6) is 0 Å². The van der Waals surface area contributed by atoms with Crippen LogP contribution in [0.2, 0.25) is 5.02 Å². The molecule has 1 aliphatic heterocycles. The third kappa shape index (κ3) is 5.36. The number of urea groups is 1. The molecule has 0 atom stereocenters. The largest absolute Gasteiger partial charge is 0.335 e. The van der Waals surface area contributed by atoms with E-state index in [2.05, 4.69) is 10.3 Å². The SMILES string of the molecule is Cc1ccc(NC(=O)N2CCN(C(=O)c3cccnc3SC(F)F)CC2)cc1Cl. The topological polar surface area (TPSA) is 65.5 Å². The smallest absolute Gasteiger partial charge is 0.321 e. The Morgan fingerprint density at radius 1 is 1.17 bits per heavy atom. The van der Waals surface area contributed by atoms with Gasteiger partial charge in [0.25, 0.3) is 11.7 Å². The molecule has 29 heavy (non-hydrogen) atoms. The predicted molar refractivity (Wildman–Crippen MR) is 109 cm³/mol. The van der Waals surface area contributed by atoms with Crippen LogP contribution in [0, 0.1) is 6.92 Å². The highest BCUT2D eigenvalue weighted by Crippen LogP contribution is 2.27. The maximum absolute atomic E-state index is 12.7. The lowest BCUT2D eigenvalue weighted by Crippen LogP contribution is -2.51. The standard InChI is InChI=1S/C19H19ClF2N4O2S/c1-12-4-5-13(11-15(12)20)24-19(28)26-9-7-25(8-10-26)17(27)14-3-2-6-23-16(14)29-18(21)22/h2-6,11,18H,7-10H2,1H3,(H,24,28). The van der Waals surface area contributed by atoms with E-state index in [0.29, 0.717) is 36.9 Å². The van der Waals surface area contributed by atoms with Crippen molar-refractivity contribution >= 4 is 41.0 Å². The summed E-state index contributed by atoms with van der Waals surface area (Å²) in [7, 11) is 0. The highest BCUT2D eigenvalue weighted by atomic mass is 35.5. The molecule has 3 amide bonds. The second kappa shape index (κ2) is 9.41. The van der Waals surface area contributed by atoms with Crippen LogP contribution < -0.4 is 5.32 Å². The van der Waals surface area contributed by atoms with Crippen molar-refractivity contribution in [2.45, 2.75) is 17.7 Å². The van der Waals surface area contributed by atoms with Crippen molar-refractivity contribution in [1.82, 2.24) is 14.8 Å². The summed E-state index contributed by atoms with van der Waals surface area (Å²) in [5.74, 6) is -3.03. The quantitative estimate of drug-likeness (QED) is 0.718. The number of anilines is 1. The number of aryl methyl sites for hydroxylation is 1. The van der Waals surface area contributed by atoms with Crippen LogP contribution in [0.1, 0.15) is 15.9 Å². The number of alkyl halides is 2. The fraction of sp³-hybridized carbons (Fsp3) is 0.316. The minimum absolute atomic E-state index is 0.00363. The highest BCUT2D eigenvalue weighted by molar-refractivity contribution is 7.99. The molecule has 6 nitrogen and oxygen atoms in total. The van der Waals surface area contributed by atoms with E-state index in [1.807, 2.05) is 13.0 Å². The molecule has 0 saturated carbocycles. The van der Waals surface area contributed by atoms with Gasteiger partial charge in [0.15, 0.2) is 0 Å². The number of benzene rings is 1. The molecule has 1 N–H and O–H groups in total. The number of piperazine rings is 1. The number of thioether (sulfide) groups is 1. The molecule has 0 radical (unpaired) electrons. The number of carbonyl (C=O) groups is 2. The molecule has 0 aliphatic carbocycles. The van der Waals surface area contributed by atoms with Gasteiger partial charge < -0.3 is 15.1 Å². The molecule has 1 aliphatic rings. The number of nitrogens with one attached hydrogen (secondary N) is 1. The lowest BCUT2D eigenvalue weighted by atomic mass is 10.2. The fourth-order valence-electron chi connectivity index (χ4n) is 2.89. The molecule has 2 heterocycles. The zero-order valence-electron chi connectivity index (χ0n) is 15.6. The van der Waals surface area contributed by atoms with Crippen LogP contribution in [0.3, 0.4) is 0 Å². The molecule has 154 valence electrons. The molecule has 0 bridgehead atoms. The summed E-state index contributed by atoms with van der Waals surface area (Å²) in [5.41, 5.74) is 1.65. The first kappa shape index (κ1) is 21.3. The fourth-order valence-corrected chi connectivity index (χ4v) is 3.64. The summed E-state index contributed by atoms with van der Waals surface area (Å²) in [6.45, 7) is 3.13. The Kier molecular flexibility index (Phi) is 6.92. The van der Waals surface area contributed by atoms with Gasteiger partial charge in [-0.05, 0) is 48.5 Å². The van der Waals surface area contributed by atoms with Crippen molar-refractivity contribution in [3.63, 3.8) is 0 Å². The van der Waals surface area contributed by atoms with Crippen LogP contribution in [-0.2, 0) is 0 Å². The molecule has 10 heteroatoms. The van der Waals surface area contributed by atoms with E-state index in [9.17, 15) is 18.4 Å². The molecule has 1 saturated heterocycles. The lowest BCUT2D eigenvalue weighted by Gasteiger charge is -2.35. The van der Waals surface area contributed by atoms with Crippen molar-refractivity contribution in [3.05, 3.63) is 52.7 Å². The van der Waals surface area contributed by atoms with Gasteiger partial charge in [0.05, 0.1) is 5.56 Å². The molecule has 1 aromatic heterocycles. The number of halogens is 3. The Bertz CT molecular complexity index is 908. The van der Waals surface area contributed by atoms with Gasteiger partial charge in [0, 0.05) is 43.1 Å². The molecule has 1 fully saturated rings. The van der Waals surface area contributed by atoms with Crippen LogP contribution in [-0.4, -0.2) is 58.7 Å². The normalized spacial score (nSPS) is 14.2. The van der Waals surface area contributed by atoms with Gasteiger partial charge >= 0.3 is 6.03 Å². The average Bonchev–Trinajstić information content (AvgIpc) is 2.70. The summed E-state index contributed by atoms with van der Waals surface area (Å²) >= 11 is 6.33. The number of hydrogen-bond donors (Lipinski definition) is 1. The molecule has 0 unspecified atom stereocenters. The minimum Gasteiger partial charge on any atom is -0.335 e. The number of carbonyl (C=O) groups excluding carboxylic acids is 2. The molecular formula is C19H19ClF2N4O2S. The average molecular weight is 441 g/mol. The van der Waals surface area contributed by atoms with Gasteiger partial charge in [-0.15, -0.1) is 0 Å². The molecular weight excluding hydrogens is 422 g/mol. The minimum atomic E-state index is -2.66. The second-order valence-electron chi connectivity index (χ2n) is 6.41. The Morgan fingerprint density at radius 3 is 2.52 bits per heavy atom. The second-order valence-corrected chi connectivity index (χ2v) is 7.79. The van der Waals surface area contributed by atoms with Crippen molar-refractivity contribution in [1.29, 1.82) is 0 Å². The first-order valence-corrected chi connectivity index (χ1v) is 10.1. The molecule has 3 rings (SSSR count). The number of aromatic nitrogens is 1. The molecule has 1 aromatic carbocycles. The van der Waals surface area contributed by atoms with E-state index in [1.54, 1.807) is 28.0 Å². The number of pyridine rings is 1. The van der Waals surface area contributed by atoms with Gasteiger partial charge in [0.1, 0.15) is 5.03 Å². The summed E-state index contributed by atoms with van der Waals surface area (Å²) < 4.78 is 25.4. The van der Waals surface area contributed by atoms with E-state index >= 15 is 0 Å². The number of hydrogen-bond acceptors (Lipinski definition) is 4. The van der Waals surface area contributed by atoms with Crippen LogP contribution >= 0.6 is 23.4 Å². The van der Waals surface area contributed by atoms with Crippen LogP contribution in [0.25, 0.3) is 0 Å². The summed E-state index contributed by atoms with van der Waals surface area (Å²) in [4.78, 5) is 32.2. The number of nitrogens with zero attached hydrogens (tertiary/aromatic N) is 3. The Balaban J connectivity index is 1.59. The Hall–Kier alpha value is -2.39. The number of rotatable bonds is 4. The van der Waals surface area contributed by atoms with Crippen molar-refractivity contribution in [3.8, 4) is 0 Å². The molecule has 0 spiro atoms. The van der Waals surface area contributed by atoms with E-state index in [1.165, 1.54) is 12.3 Å². The third-order valence-electron chi connectivity index (χ3n) is 4.48. The van der Waals surface area contributed by atoms with Gasteiger partial charge in [0.2, 0.25) is 0 Å². The van der Waals surface area contributed by atoms with Crippen LogP contribution in [0.15, 0.2) is 41.6 Å². The van der Waals surface area contributed by atoms with Crippen molar-refractivity contribution in [2.24, 2.45) is 0 Å². The number of amides is 3. The maximum Gasteiger partial charge on any atom is 0.321 e. The maximum atomic E-state index is 12.7. The van der Waals surface area contributed by atoms with E-state index < -0.39 is 5.76 Å². The van der Waals surface area contributed by atoms with E-state index in [-0.39, 0.29) is 34.3 Å². The van der Waals surface area contributed by atoms with Gasteiger partial charge in [-0.25, -0.2) is 9.78 Å². The summed E-state index contributed by atoms with van der Waals surface area (Å²) in [6.07, 6.45) is 1.38. The van der Waals surface area contributed by atoms with Gasteiger partial charge in [-0.3, -0.25) is 4.79 Å². The zero-order valence-corrected chi connectivity index (χ0v) is 17.1. The van der Waals surface area contributed by atoms with Crippen LogP contribution in [0.4, 0.5) is 19.3 Å². The highest BCUT2D eigenvalue weighted by Gasteiger charge is 2.27. The first-order chi connectivity index (χ1) is 13.8. The van der Waals surface area contributed by atoms with Crippen molar-refractivity contribution < 1.29 is 18.4 Å². The Morgan fingerprint density at radius 2 is 1.86 bits per heavy atom. The van der Waals surface area contributed by atoms with Crippen molar-refractivity contribution in [2.75, 3.05) is 31.5 Å².